The molecule has 2 N–H and O–H groups in total. The van der Waals surface area contributed by atoms with Gasteiger partial charge in [0.2, 0.25) is 5.91 Å². The minimum atomic E-state index is -0.349. The first-order valence-corrected chi connectivity index (χ1v) is 5.28. The summed E-state index contributed by atoms with van der Waals surface area (Å²) in [5, 5.41) is 0.637. The Morgan fingerprint density at radius 2 is 2.29 bits per heavy atom. The van der Waals surface area contributed by atoms with Gasteiger partial charge < -0.3 is 10.6 Å². The zero-order chi connectivity index (χ0) is 10.3. The van der Waals surface area contributed by atoms with E-state index in [9.17, 15) is 4.79 Å². The Morgan fingerprint density at radius 1 is 1.57 bits per heavy atom. The van der Waals surface area contributed by atoms with Crippen LogP contribution in [0.2, 0.25) is 5.02 Å². The topological polar surface area (TPSA) is 46.3 Å². The fourth-order valence-corrected chi connectivity index (χ4v) is 2.27. The lowest BCUT2D eigenvalue weighted by molar-refractivity contribution is -0.123. The number of nitrogens with zero attached hydrogens (tertiary/aromatic N) is 1. The highest BCUT2D eigenvalue weighted by Gasteiger charge is 2.35. The molecule has 0 spiro atoms. The average molecular weight is 276 g/mol. The van der Waals surface area contributed by atoms with Gasteiger partial charge in [-0.3, -0.25) is 4.79 Å². The maximum atomic E-state index is 11.3. The number of hydrogen-bond donors (Lipinski definition) is 1. The van der Waals surface area contributed by atoms with Crippen molar-refractivity contribution in [2.24, 2.45) is 5.73 Å². The monoisotopic (exact) mass is 274 g/mol. The molecule has 1 saturated heterocycles. The smallest absolute Gasteiger partial charge is 0.245 e. The number of carbonyl (C=O) groups is 1. The number of amides is 1. The van der Waals surface area contributed by atoms with Crippen molar-refractivity contribution in [3.8, 4) is 0 Å². The summed E-state index contributed by atoms with van der Waals surface area (Å²) >= 11 is 9.14. The van der Waals surface area contributed by atoms with Crippen molar-refractivity contribution in [2.45, 2.75) is 6.04 Å². The molecule has 1 amide bonds. The first kappa shape index (κ1) is 9.96. The van der Waals surface area contributed by atoms with Gasteiger partial charge in [-0.15, -0.1) is 0 Å². The molecule has 1 unspecified atom stereocenters. The summed E-state index contributed by atoms with van der Waals surface area (Å²) in [7, 11) is 0. The molecule has 1 aliphatic heterocycles. The quantitative estimate of drug-likeness (QED) is 0.794. The second kappa shape index (κ2) is 3.53. The van der Waals surface area contributed by atoms with Gasteiger partial charge in [-0.2, -0.15) is 0 Å². The van der Waals surface area contributed by atoms with Gasteiger partial charge in [-0.1, -0.05) is 11.6 Å². The minimum Gasteiger partial charge on any atom is -0.318 e. The number of β-lactam (4-membered cyclic amide) rings is 1. The van der Waals surface area contributed by atoms with Gasteiger partial charge in [-0.05, 0) is 34.1 Å². The van der Waals surface area contributed by atoms with Crippen LogP contribution in [0.5, 0.6) is 0 Å². The number of carbonyl (C=O) groups excluding carboxylic acids is 1. The Hall–Kier alpha value is -0.580. The van der Waals surface area contributed by atoms with Gasteiger partial charge in [0.15, 0.2) is 0 Å². The Balaban J connectivity index is 2.30. The summed E-state index contributed by atoms with van der Waals surface area (Å²) in [6.07, 6.45) is 0. The van der Waals surface area contributed by atoms with E-state index in [0.717, 1.165) is 10.2 Å². The molecule has 1 aliphatic rings. The van der Waals surface area contributed by atoms with Gasteiger partial charge in [0.1, 0.15) is 6.04 Å². The molecule has 1 atom stereocenters. The maximum Gasteiger partial charge on any atom is 0.245 e. The molecule has 74 valence electrons. The zero-order valence-electron chi connectivity index (χ0n) is 7.21. The molecule has 1 heterocycles. The normalized spacial score (nSPS) is 20.9. The van der Waals surface area contributed by atoms with Gasteiger partial charge in [0.05, 0.1) is 12.2 Å². The Labute approximate surface area is 95.0 Å². The first-order valence-electron chi connectivity index (χ1n) is 4.11. The van der Waals surface area contributed by atoms with Crippen LogP contribution in [0.3, 0.4) is 0 Å². The number of halogens is 2. The Bertz CT molecular complexity index is 396. The van der Waals surface area contributed by atoms with Gasteiger partial charge >= 0.3 is 0 Å². The lowest BCUT2D eigenvalue weighted by atomic mass is 10.1. The molecule has 0 bridgehead atoms. The summed E-state index contributed by atoms with van der Waals surface area (Å²) in [5.74, 6) is -0.0481. The standard InChI is InChI=1S/C9H8BrClN2O/c10-6-3-5(11)1-2-8(6)13-4-7(12)9(13)14/h1-3,7H,4,12H2. The van der Waals surface area contributed by atoms with E-state index in [1.54, 1.807) is 23.1 Å². The van der Waals surface area contributed by atoms with Crippen molar-refractivity contribution in [1.29, 1.82) is 0 Å². The molecule has 2 rings (SSSR count). The predicted octanol–water partition coefficient (Wildman–Crippen LogP) is 1.78. The molecule has 0 aromatic heterocycles. The van der Waals surface area contributed by atoms with Crippen LogP contribution >= 0.6 is 27.5 Å². The van der Waals surface area contributed by atoms with Gasteiger partial charge in [-0.25, -0.2) is 0 Å². The number of hydrogen-bond acceptors (Lipinski definition) is 2. The molecule has 0 radical (unpaired) electrons. The van der Waals surface area contributed by atoms with Crippen molar-refractivity contribution in [1.82, 2.24) is 0 Å². The highest BCUT2D eigenvalue weighted by Crippen LogP contribution is 2.31. The number of anilines is 1. The van der Waals surface area contributed by atoms with Crippen molar-refractivity contribution in [3.05, 3.63) is 27.7 Å². The lowest BCUT2D eigenvalue weighted by Crippen LogP contribution is -2.61. The van der Waals surface area contributed by atoms with Gasteiger partial charge in [0.25, 0.3) is 0 Å². The fourth-order valence-electron chi connectivity index (χ4n) is 1.37. The first-order chi connectivity index (χ1) is 6.59. The van der Waals surface area contributed by atoms with Crippen LogP contribution in [0, 0.1) is 0 Å². The van der Waals surface area contributed by atoms with E-state index < -0.39 is 0 Å². The Morgan fingerprint density at radius 3 is 2.79 bits per heavy atom. The van der Waals surface area contributed by atoms with Crippen LogP contribution in [0.15, 0.2) is 22.7 Å². The third-order valence-electron chi connectivity index (χ3n) is 2.16. The Kier molecular flexibility index (Phi) is 2.51. The van der Waals surface area contributed by atoms with Crippen LogP contribution in [0.25, 0.3) is 0 Å². The molecule has 1 aromatic carbocycles. The van der Waals surface area contributed by atoms with E-state index in [1.165, 1.54) is 0 Å². The highest BCUT2D eigenvalue weighted by molar-refractivity contribution is 9.10. The van der Waals surface area contributed by atoms with E-state index in [4.69, 9.17) is 17.3 Å². The van der Waals surface area contributed by atoms with Crippen LogP contribution in [-0.2, 0) is 4.79 Å². The molecular formula is C9H8BrClN2O. The molecule has 5 heteroatoms. The van der Waals surface area contributed by atoms with E-state index in [-0.39, 0.29) is 11.9 Å². The number of rotatable bonds is 1. The summed E-state index contributed by atoms with van der Waals surface area (Å²) in [6.45, 7) is 0.569. The lowest BCUT2D eigenvalue weighted by Gasteiger charge is -2.36. The maximum absolute atomic E-state index is 11.3. The molecular weight excluding hydrogens is 267 g/mol. The van der Waals surface area contributed by atoms with E-state index >= 15 is 0 Å². The minimum absolute atomic E-state index is 0.0481. The molecule has 3 nitrogen and oxygen atoms in total. The molecule has 1 fully saturated rings. The fraction of sp³-hybridized carbons (Fsp3) is 0.222. The molecule has 0 aliphatic carbocycles. The largest absolute Gasteiger partial charge is 0.318 e. The third-order valence-corrected chi connectivity index (χ3v) is 3.03. The summed E-state index contributed by atoms with van der Waals surface area (Å²) in [5.41, 5.74) is 6.32. The number of nitrogens with two attached hydrogens (primary N) is 1. The number of benzene rings is 1. The molecule has 14 heavy (non-hydrogen) atoms. The van der Waals surface area contributed by atoms with Crippen molar-refractivity contribution in [3.63, 3.8) is 0 Å². The second-order valence-electron chi connectivity index (χ2n) is 3.15. The van der Waals surface area contributed by atoms with Crippen molar-refractivity contribution < 1.29 is 4.79 Å². The van der Waals surface area contributed by atoms with Crippen LogP contribution in [0.4, 0.5) is 5.69 Å². The van der Waals surface area contributed by atoms with Crippen LogP contribution < -0.4 is 10.6 Å². The van der Waals surface area contributed by atoms with Crippen molar-refractivity contribution >= 4 is 39.1 Å². The van der Waals surface area contributed by atoms with Crippen molar-refractivity contribution in [2.75, 3.05) is 11.4 Å². The third kappa shape index (κ3) is 1.54. The molecule has 0 saturated carbocycles. The second-order valence-corrected chi connectivity index (χ2v) is 4.44. The van der Waals surface area contributed by atoms with E-state index in [1.807, 2.05) is 0 Å². The van der Waals surface area contributed by atoms with E-state index in [0.29, 0.717) is 11.6 Å². The summed E-state index contributed by atoms with van der Waals surface area (Å²) < 4.78 is 0.810. The van der Waals surface area contributed by atoms with Crippen LogP contribution in [0.1, 0.15) is 0 Å². The van der Waals surface area contributed by atoms with E-state index in [2.05, 4.69) is 15.9 Å². The SMILES string of the molecule is NC1CN(c2ccc(Cl)cc2Br)C1=O. The average Bonchev–Trinajstić information content (AvgIpc) is 2.15. The predicted molar refractivity (Wildman–Crippen MR) is 59.5 cm³/mol. The summed E-state index contributed by atoms with van der Waals surface area (Å²) in [4.78, 5) is 13.0. The zero-order valence-corrected chi connectivity index (χ0v) is 9.55. The summed E-state index contributed by atoms with van der Waals surface area (Å²) in [6, 6.07) is 4.96. The van der Waals surface area contributed by atoms with Gasteiger partial charge in [0, 0.05) is 9.50 Å². The molecule has 1 aromatic rings. The highest BCUT2D eigenvalue weighted by atomic mass is 79.9. The van der Waals surface area contributed by atoms with Crippen LogP contribution in [-0.4, -0.2) is 18.5 Å².